The summed E-state index contributed by atoms with van der Waals surface area (Å²) in [4.78, 5) is 1.26. The smallest absolute Gasteiger partial charge is 0.241 e. The predicted octanol–water partition coefficient (Wildman–Crippen LogP) is 3.19. The zero-order chi connectivity index (χ0) is 14.9. The number of aryl methyl sites for hydroxylation is 2. The highest BCUT2D eigenvalue weighted by Gasteiger charge is 2.19. The molecule has 20 heavy (non-hydrogen) atoms. The predicted molar refractivity (Wildman–Crippen MR) is 86.4 cm³/mol. The van der Waals surface area contributed by atoms with E-state index < -0.39 is 10.0 Å². The Morgan fingerprint density at radius 1 is 1.25 bits per heavy atom. The molecule has 0 amide bonds. The number of thiophene rings is 1. The van der Waals surface area contributed by atoms with Gasteiger partial charge in [0.15, 0.2) is 0 Å². The molecule has 2 rings (SSSR count). The van der Waals surface area contributed by atoms with Crippen LogP contribution in [0.2, 0.25) is 0 Å². The van der Waals surface area contributed by atoms with Crippen molar-refractivity contribution in [3.05, 3.63) is 44.1 Å². The fraction of sp³-hybridized carbons (Fsp3) is 0.231. The lowest BCUT2D eigenvalue weighted by molar-refractivity contribution is 0.580. The third-order valence-corrected chi connectivity index (χ3v) is 6.21. The number of sulfonamides is 1. The summed E-state index contributed by atoms with van der Waals surface area (Å²) >= 11 is 4.85. The van der Waals surface area contributed by atoms with Crippen molar-refractivity contribution < 1.29 is 8.42 Å². The van der Waals surface area contributed by atoms with Gasteiger partial charge in [-0.05, 0) is 59.1 Å². The van der Waals surface area contributed by atoms with E-state index in [2.05, 4.69) is 20.7 Å². The van der Waals surface area contributed by atoms with Crippen LogP contribution < -0.4 is 10.5 Å². The summed E-state index contributed by atoms with van der Waals surface area (Å²) in [6, 6.07) is 5.24. The molecule has 0 fully saturated rings. The van der Waals surface area contributed by atoms with Crippen molar-refractivity contribution in [2.24, 2.45) is 0 Å². The lowest BCUT2D eigenvalue weighted by Gasteiger charge is -2.12. The van der Waals surface area contributed by atoms with E-state index in [1.807, 2.05) is 11.4 Å². The second kappa shape index (κ2) is 5.85. The second-order valence-corrected chi connectivity index (χ2v) is 8.15. The Kier molecular flexibility index (Phi) is 4.53. The maximum absolute atomic E-state index is 12.4. The largest absolute Gasteiger partial charge is 0.399 e. The Balaban J connectivity index is 2.27. The van der Waals surface area contributed by atoms with Gasteiger partial charge in [-0.15, -0.1) is 11.3 Å². The molecule has 0 spiro atoms. The molecule has 1 aromatic heterocycles. The summed E-state index contributed by atoms with van der Waals surface area (Å²) in [5, 5.41) is 1.92. The Morgan fingerprint density at radius 2 is 1.85 bits per heavy atom. The molecule has 0 atom stereocenters. The van der Waals surface area contributed by atoms with Crippen LogP contribution >= 0.6 is 27.3 Å². The first-order chi connectivity index (χ1) is 9.29. The summed E-state index contributed by atoms with van der Waals surface area (Å²) < 4.78 is 28.4. The molecule has 3 N–H and O–H groups in total. The van der Waals surface area contributed by atoms with Crippen LogP contribution in [0.1, 0.15) is 16.0 Å². The van der Waals surface area contributed by atoms with Crippen molar-refractivity contribution in [1.82, 2.24) is 4.72 Å². The average molecular weight is 375 g/mol. The van der Waals surface area contributed by atoms with Crippen molar-refractivity contribution >= 4 is 43.0 Å². The highest BCUT2D eigenvalue weighted by Crippen LogP contribution is 2.24. The monoisotopic (exact) mass is 374 g/mol. The molecule has 1 heterocycles. The van der Waals surface area contributed by atoms with Crippen molar-refractivity contribution in [3.8, 4) is 0 Å². The third-order valence-electron chi connectivity index (χ3n) is 2.81. The van der Waals surface area contributed by atoms with Crippen LogP contribution in [0.4, 0.5) is 5.69 Å². The van der Waals surface area contributed by atoms with Gasteiger partial charge in [-0.2, -0.15) is 0 Å². The van der Waals surface area contributed by atoms with Gasteiger partial charge in [0.05, 0.1) is 4.90 Å². The van der Waals surface area contributed by atoms with Crippen molar-refractivity contribution in [3.63, 3.8) is 0 Å². The normalized spacial score (nSPS) is 11.8. The first kappa shape index (κ1) is 15.5. The standard InChI is InChI=1S/C13H15BrN2O2S2/c1-8-3-11(15)4-9(2)13(8)20(17,18)16-6-12-5-10(14)7-19-12/h3-5,7,16H,6,15H2,1-2H3. The van der Waals surface area contributed by atoms with Crippen LogP contribution in [0.15, 0.2) is 32.9 Å². The van der Waals surface area contributed by atoms with Gasteiger partial charge in [-0.3, -0.25) is 0 Å². The molecule has 0 bridgehead atoms. The molecule has 108 valence electrons. The van der Waals surface area contributed by atoms with Gasteiger partial charge < -0.3 is 5.73 Å². The average Bonchev–Trinajstić information content (AvgIpc) is 2.71. The van der Waals surface area contributed by atoms with Crippen LogP contribution in [0, 0.1) is 13.8 Å². The molecule has 0 aliphatic heterocycles. The highest BCUT2D eigenvalue weighted by atomic mass is 79.9. The van der Waals surface area contributed by atoms with E-state index in [-0.39, 0.29) is 6.54 Å². The molecule has 7 heteroatoms. The molecule has 0 aliphatic carbocycles. The SMILES string of the molecule is Cc1cc(N)cc(C)c1S(=O)(=O)NCc1cc(Br)cs1. The van der Waals surface area contributed by atoms with Crippen molar-refractivity contribution in [2.45, 2.75) is 25.3 Å². The maximum Gasteiger partial charge on any atom is 0.241 e. The quantitative estimate of drug-likeness (QED) is 0.807. The highest BCUT2D eigenvalue weighted by molar-refractivity contribution is 9.10. The first-order valence-corrected chi connectivity index (χ1v) is 9.04. The number of hydrogen-bond acceptors (Lipinski definition) is 4. The van der Waals surface area contributed by atoms with Gasteiger partial charge in [-0.1, -0.05) is 0 Å². The summed E-state index contributed by atoms with van der Waals surface area (Å²) in [5.74, 6) is 0. The lowest BCUT2D eigenvalue weighted by atomic mass is 10.1. The summed E-state index contributed by atoms with van der Waals surface area (Å²) in [6.07, 6.45) is 0. The molecule has 0 saturated heterocycles. The first-order valence-electron chi connectivity index (χ1n) is 5.89. The third kappa shape index (κ3) is 3.41. The number of nitrogens with one attached hydrogen (secondary N) is 1. The molecule has 1 aromatic carbocycles. The molecule has 0 radical (unpaired) electrons. The van der Waals surface area contributed by atoms with E-state index >= 15 is 0 Å². The number of anilines is 1. The molecule has 0 unspecified atom stereocenters. The molecular formula is C13H15BrN2O2S2. The van der Waals surface area contributed by atoms with Gasteiger partial charge in [-0.25, -0.2) is 13.1 Å². The number of rotatable bonds is 4. The molecule has 4 nitrogen and oxygen atoms in total. The lowest BCUT2D eigenvalue weighted by Crippen LogP contribution is -2.24. The van der Waals surface area contributed by atoms with E-state index in [4.69, 9.17) is 5.73 Å². The maximum atomic E-state index is 12.4. The molecular weight excluding hydrogens is 360 g/mol. The van der Waals surface area contributed by atoms with Crippen LogP contribution in [0.5, 0.6) is 0 Å². The zero-order valence-electron chi connectivity index (χ0n) is 11.1. The van der Waals surface area contributed by atoms with Gasteiger partial charge in [0.1, 0.15) is 0 Å². The van der Waals surface area contributed by atoms with Gasteiger partial charge in [0, 0.05) is 27.0 Å². The zero-order valence-corrected chi connectivity index (χ0v) is 14.3. The number of nitrogens with two attached hydrogens (primary N) is 1. The number of benzene rings is 1. The van der Waals surface area contributed by atoms with E-state index in [0.717, 1.165) is 9.35 Å². The summed E-state index contributed by atoms with van der Waals surface area (Å²) in [7, 11) is -3.54. The Bertz CT molecular complexity index is 716. The summed E-state index contributed by atoms with van der Waals surface area (Å²) in [5.41, 5.74) is 7.60. The van der Waals surface area contributed by atoms with Crippen LogP contribution in [-0.4, -0.2) is 8.42 Å². The fourth-order valence-corrected chi connectivity index (χ4v) is 5.03. The topological polar surface area (TPSA) is 72.2 Å². The second-order valence-electron chi connectivity index (χ2n) is 4.54. The van der Waals surface area contributed by atoms with Crippen LogP contribution in [0.25, 0.3) is 0 Å². The van der Waals surface area contributed by atoms with E-state index in [0.29, 0.717) is 21.7 Å². The minimum absolute atomic E-state index is 0.280. The Morgan fingerprint density at radius 3 is 2.35 bits per heavy atom. The van der Waals surface area contributed by atoms with Crippen molar-refractivity contribution in [2.75, 3.05) is 5.73 Å². The van der Waals surface area contributed by atoms with Gasteiger partial charge in [0.25, 0.3) is 0 Å². The van der Waals surface area contributed by atoms with Crippen LogP contribution in [-0.2, 0) is 16.6 Å². The Labute approximate surface area is 131 Å². The number of hydrogen-bond donors (Lipinski definition) is 2. The minimum Gasteiger partial charge on any atom is -0.399 e. The van der Waals surface area contributed by atoms with E-state index in [1.165, 1.54) is 11.3 Å². The molecule has 2 aromatic rings. The van der Waals surface area contributed by atoms with E-state index in [1.54, 1.807) is 26.0 Å². The summed E-state index contributed by atoms with van der Waals surface area (Å²) in [6.45, 7) is 3.78. The molecule has 0 saturated carbocycles. The van der Waals surface area contributed by atoms with Gasteiger partial charge >= 0.3 is 0 Å². The Hall–Kier alpha value is -0.890. The van der Waals surface area contributed by atoms with E-state index in [9.17, 15) is 8.42 Å². The number of halogens is 1. The van der Waals surface area contributed by atoms with Crippen LogP contribution in [0.3, 0.4) is 0 Å². The minimum atomic E-state index is -3.54. The van der Waals surface area contributed by atoms with Gasteiger partial charge in [0.2, 0.25) is 10.0 Å². The van der Waals surface area contributed by atoms with Crippen molar-refractivity contribution in [1.29, 1.82) is 0 Å². The fourth-order valence-electron chi connectivity index (χ4n) is 2.09. The number of nitrogen functional groups attached to an aromatic ring is 1. The molecule has 0 aliphatic rings.